The zero-order valence-electron chi connectivity index (χ0n) is 5.13. The minimum atomic E-state index is 0.959. The van der Waals surface area contributed by atoms with Gasteiger partial charge in [-0.1, -0.05) is 0 Å². The van der Waals surface area contributed by atoms with Gasteiger partial charge in [0, 0.05) is 5.38 Å². The summed E-state index contributed by atoms with van der Waals surface area (Å²) >= 11 is 1.57. The highest BCUT2D eigenvalue weighted by Crippen LogP contribution is 2.32. The molecule has 0 saturated heterocycles. The molecule has 47 valence electrons. The molecule has 0 N–H and O–H groups in total. The van der Waals surface area contributed by atoms with Gasteiger partial charge in [-0.3, -0.25) is 0 Å². The standard InChI is InChI=1S/C7H8NS/c1-2-6(1)3-7-4-9-5-8-7/h4,6H,1-3H2. The summed E-state index contributed by atoms with van der Waals surface area (Å²) in [5.41, 5.74) is 4.09. The fraction of sp³-hybridized carbons (Fsp3) is 0.571. The molecule has 1 heterocycles. The van der Waals surface area contributed by atoms with Crippen LogP contribution in [0.4, 0.5) is 0 Å². The number of thiazole rings is 1. The lowest BCUT2D eigenvalue weighted by Gasteiger charge is -1.87. The molecule has 1 fully saturated rings. The van der Waals surface area contributed by atoms with Crippen molar-refractivity contribution in [3.63, 3.8) is 0 Å². The first-order valence-corrected chi connectivity index (χ1v) is 4.13. The number of rotatable bonds is 2. The lowest BCUT2D eigenvalue weighted by molar-refractivity contribution is 0.810. The second kappa shape index (κ2) is 2.10. The molecule has 0 atom stereocenters. The molecule has 0 aliphatic heterocycles. The van der Waals surface area contributed by atoms with E-state index in [1.54, 1.807) is 11.3 Å². The summed E-state index contributed by atoms with van der Waals surface area (Å²) in [6, 6.07) is 0. The first-order valence-electron chi connectivity index (χ1n) is 3.25. The van der Waals surface area contributed by atoms with E-state index >= 15 is 0 Å². The zero-order chi connectivity index (χ0) is 6.10. The van der Waals surface area contributed by atoms with Crippen LogP contribution in [0.2, 0.25) is 0 Å². The van der Waals surface area contributed by atoms with Gasteiger partial charge in [-0.15, -0.1) is 11.3 Å². The monoisotopic (exact) mass is 138 g/mol. The zero-order valence-corrected chi connectivity index (χ0v) is 5.95. The third-order valence-electron chi connectivity index (χ3n) is 1.63. The Morgan fingerprint density at radius 2 is 2.67 bits per heavy atom. The summed E-state index contributed by atoms with van der Waals surface area (Å²) in [6.45, 7) is 0. The van der Waals surface area contributed by atoms with E-state index in [1.165, 1.54) is 25.0 Å². The summed E-state index contributed by atoms with van der Waals surface area (Å²) in [4.78, 5) is 4.09. The van der Waals surface area contributed by atoms with Gasteiger partial charge in [0.2, 0.25) is 0 Å². The second-order valence-corrected chi connectivity index (χ2v) is 3.23. The maximum Gasteiger partial charge on any atom is 0.152 e. The summed E-state index contributed by atoms with van der Waals surface area (Å²) in [7, 11) is 0. The fourth-order valence-electron chi connectivity index (χ4n) is 0.917. The van der Waals surface area contributed by atoms with Crippen LogP contribution in [0.5, 0.6) is 0 Å². The Morgan fingerprint density at radius 3 is 3.22 bits per heavy atom. The Bertz CT molecular complexity index is 177. The smallest absolute Gasteiger partial charge is 0.152 e. The Hall–Kier alpha value is -0.370. The van der Waals surface area contributed by atoms with Crippen molar-refractivity contribution in [2.45, 2.75) is 19.3 Å². The van der Waals surface area contributed by atoms with Crippen molar-refractivity contribution in [1.82, 2.24) is 4.98 Å². The van der Waals surface area contributed by atoms with Crippen LogP contribution >= 0.6 is 11.3 Å². The lowest BCUT2D eigenvalue weighted by atomic mass is 10.2. The van der Waals surface area contributed by atoms with Crippen LogP contribution in [0.25, 0.3) is 0 Å². The molecular weight excluding hydrogens is 130 g/mol. The maximum absolute atomic E-state index is 4.09. The maximum atomic E-state index is 4.09. The average Bonchev–Trinajstić information content (AvgIpc) is 2.46. The molecule has 1 aromatic heterocycles. The van der Waals surface area contributed by atoms with E-state index < -0.39 is 0 Å². The summed E-state index contributed by atoms with van der Waals surface area (Å²) in [5, 5.41) is 2.10. The van der Waals surface area contributed by atoms with Crippen LogP contribution in [0.1, 0.15) is 18.5 Å². The predicted molar refractivity (Wildman–Crippen MR) is 37.4 cm³/mol. The Morgan fingerprint density at radius 1 is 1.78 bits per heavy atom. The van der Waals surface area contributed by atoms with Gasteiger partial charge < -0.3 is 0 Å². The van der Waals surface area contributed by atoms with Gasteiger partial charge in [0.15, 0.2) is 5.51 Å². The van der Waals surface area contributed by atoms with Crippen LogP contribution in [0.3, 0.4) is 0 Å². The van der Waals surface area contributed by atoms with Gasteiger partial charge in [0.25, 0.3) is 0 Å². The Labute approximate surface area is 58.7 Å². The average molecular weight is 138 g/mol. The SMILES string of the molecule is [c]1nc(CC2CC2)cs1. The molecule has 0 aromatic carbocycles. The summed E-state index contributed by atoms with van der Waals surface area (Å²) in [6.07, 6.45) is 4.02. The quantitative estimate of drug-likeness (QED) is 0.608. The van der Waals surface area contributed by atoms with Crippen molar-refractivity contribution in [3.05, 3.63) is 16.6 Å². The molecule has 9 heavy (non-hydrogen) atoms. The lowest BCUT2D eigenvalue weighted by Crippen LogP contribution is -1.84. The molecule has 2 heteroatoms. The van der Waals surface area contributed by atoms with E-state index in [2.05, 4.69) is 15.9 Å². The van der Waals surface area contributed by atoms with Crippen LogP contribution in [0.15, 0.2) is 5.38 Å². The van der Waals surface area contributed by atoms with Crippen molar-refractivity contribution in [1.29, 1.82) is 0 Å². The van der Waals surface area contributed by atoms with Gasteiger partial charge >= 0.3 is 0 Å². The molecule has 1 radical (unpaired) electrons. The molecule has 1 aliphatic carbocycles. The highest BCUT2D eigenvalue weighted by atomic mass is 32.1. The summed E-state index contributed by atoms with van der Waals surface area (Å²) < 4.78 is 0. The molecule has 0 spiro atoms. The number of hydrogen-bond acceptors (Lipinski definition) is 2. The van der Waals surface area contributed by atoms with Gasteiger partial charge in [-0.2, -0.15) is 0 Å². The molecule has 0 unspecified atom stereocenters. The molecule has 2 rings (SSSR count). The van der Waals surface area contributed by atoms with Gasteiger partial charge in [0.05, 0.1) is 5.69 Å². The van der Waals surface area contributed by atoms with Crippen LogP contribution < -0.4 is 0 Å². The normalized spacial score (nSPS) is 18.2. The van der Waals surface area contributed by atoms with Gasteiger partial charge in [0.1, 0.15) is 0 Å². The van der Waals surface area contributed by atoms with Crippen molar-refractivity contribution in [2.24, 2.45) is 5.92 Å². The van der Waals surface area contributed by atoms with E-state index in [1.807, 2.05) is 0 Å². The Balaban J connectivity index is 1.99. The Kier molecular flexibility index (Phi) is 1.27. The van der Waals surface area contributed by atoms with Crippen molar-refractivity contribution >= 4 is 11.3 Å². The highest BCUT2D eigenvalue weighted by molar-refractivity contribution is 7.07. The highest BCUT2D eigenvalue weighted by Gasteiger charge is 2.21. The van der Waals surface area contributed by atoms with Gasteiger partial charge in [-0.25, -0.2) is 4.98 Å². The molecule has 1 saturated carbocycles. The molecule has 0 bridgehead atoms. The molecule has 1 aliphatic rings. The minimum absolute atomic E-state index is 0.959. The van der Waals surface area contributed by atoms with Crippen LogP contribution in [-0.4, -0.2) is 4.98 Å². The second-order valence-electron chi connectivity index (χ2n) is 2.58. The third-order valence-corrected chi connectivity index (χ3v) is 2.22. The number of aromatic nitrogens is 1. The third kappa shape index (κ3) is 1.30. The van der Waals surface area contributed by atoms with E-state index in [0.29, 0.717) is 0 Å². The molecular formula is C7H8NS. The molecule has 0 amide bonds. The largest absolute Gasteiger partial charge is 0.239 e. The predicted octanol–water partition coefficient (Wildman–Crippen LogP) is 1.90. The number of hydrogen-bond donors (Lipinski definition) is 0. The molecule has 1 aromatic rings. The van der Waals surface area contributed by atoms with E-state index in [9.17, 15) is 0 Å². The number of nitrogens with zero attached hydrogens (tertiary/aromatic N) is 1. The first-order chi connectivity index (χ1) is 4.45. The fourth-order valence-corrected chi connectivity index (χ4v) is 1.42. The van der Waals surface area contributed by atoms with Crippen LogP contribution in [-0.2, 0) is 6.42 Å². The van der Waals surface area contributed by atoms with Crippen molar-refractivity contribution in [3.8, 4) is 0 Å². The first kappa shape index (κ1) is 5.42. The van der Waals surface area contributed by atoms with E-state index in [-0.39, 0.29) is 0 Å². The van der Waals surface area contributed by atoms with Crippen molar-refractivity contribution in [2.75, 3.05) is 0 Å². The minimum Gasteiger partial charge on any atom is -0.239 e. The van der Waals surface area contributed by atoms with Gasteiger partial charge in [-0.05, 0) is 25.2 Å². The van der Waals surface area contributed by atoms with E-state index in [4.69, 9.17) is 0 Å². The summed E-state index contributed by atoms with van der Waals surface area (Å²) in [5.74, 6) is 0.959. The van der Waals surface area contributed by atoms with Crippen LogP contribution in [0, 0.1) is 11.4 Å². The van der Waals surface area contributed by atoms with Crippen molar-refractivity contribution < 1.29 is 0 Å². The van der Waals surface area contributed by atoms with E-state index in [0.717, 1.165) is 5.92 Å². The molecule has 1 nitrogen and oxygen atoms in total. The topological polar surface area (TPSA) is 12.9 Å².